The number of ether oxygens (including phenoxy) is 2. The van der Waals surface area contributed by atoms with Gasteiger partial charge in [-0.2, -0.15) is 0 Å². The van der Waals surface area contributed by atoms with Crippen molar-refractivity contribution in [1.82, 2.24) is 15.5 Å². The van der Waals surface area contributed by atoms with Crippen molar-refractivity contribution >= 4 is 29.9 Å². The van der Waals surface area contributed by atoms with Crippen molar-refractivity contribution in [2.75, 3.05) is 66.2 Å². The van der Waals surface area contributed by atoms with E-state index in [0.29, 0.717) is 13.2 Å². The van der Waals surface area contributed by atoms with Crippen LogP contribution in [0, 0.1) is 5.92 Å². The molecule has 0 spiro atoms. The number of piperidine rings is 1. The summed E-state index contributed by atoms with van der Waals surface area (Å²) in [5.41, 5.74) is 0. The van der Waals surface area contributed by atoms with Crippen molar-refractivity contribution in [2.45, 2.75) is 46.0 Å². The summed E-state index contributed by atoms with van der Waals surface area (Å²) in [5.74, 6) is 1.80. The van der Waals surface area contributed by atoms with Crippen molar-refractivity contribution in [1.29, 1.82) is 0 Å². The Morgan fingerprint density at radius 3 is 2.73 bits per heavy atom. The Bertz CT molecular complexity index is 346. The molecule has 1 rings (SSSR count). The molecular formula is C19H41IN4O2. The highest BCUT2D eigenvalue weighted by molar-refractivity contribution is 14.0. The maximum atomic E-state index is 5.45. The molecule has 0 amide bonds. The first kappa shape index (κ1) is 25.9. The van der Waals surface area contributed by atoms with Crippen molar-refractivity contribution in [3.05, 3.63) is 0 Å². The normalized spacial score (nSPS) is 18.4. The Hall–Kier alpha value is -0.120. The number of nitrogens with zero attached hydrogens (tertiary/aromatic N) is 2. The van der Waals surface area contributed by atoms with Gasteiger partial charge in [-0.25, -0.2) is 0 Å². The number of aliphatic imine (C=N–C) groups is 1. The standard InChI is InChI=1S/C19H40N4O2.HI/c1-4-20-19(22-11-8-14-25-16-15-24-3)21-10-5-6-12-23-13-7-9-18(2)17-23;/h18H,4-17H2,1-3H3,(H2,20,21,22);1H. The SMILES string of the molecule is CCNC(=NCCCOCCOC)NCCCCN1CCCC(C)C1.I. The summed E-state index contributed by atoms with van der Waals surface area (Å²) in [4.78, 5) is 7.22. The third kappa shape index (κ3) is 14.0. The van der Waals surface area contributed by atoms with Crippen molar-refractivity contribution in [3.63, 3.8) is 0 Å². The largest absolute Gasteiger partial charge is 0.382 e. The highest BCUT2D eigenvalue weighted by atomic mass is 127. The summed E-state index contributed by atoms with van der Waals surface area (Å²) < 4.78 is 10.4. The van der Waals surface area contributed by atoms with E-state index < -0.39 is 0 Å². The second-order valence-electron chi connectivity index (χ2n) is 6.90. The molecule has 0 radical (unpaired) electrons. The van der Waals surface area contributed by atoms with Crippen LogP contribution in [-0.2, 0) is 9.47 Å². The number of likely N-dealkylation sites (tertiary alicyclic amines) is 1. The summed E-state index contributed by atoms with van der Waals surface area (Å²) in [5, 5.41) is 6.75. The Morgan fingerprint density at radius 1 is 1.15 bits per heavy atom. The van der Waals surface area contributed by atoms with Gasteiger partial charge in [-0.3, -0.25) is 4.99 Å². The van der Waals surface area contributed by atoms with Gasteiger partial charge >= 0.3 is 0 Å². The van der Waals surface area contributed by atoms with Gasteiger partial charge in [0.1, 0.15) is 0 Å². The number of guanidine groups is 1. The van der Waals surface area contributed by atoms with Crippen molar-refractivity contribution < 1.29 is 9.47 Å². The lowest BCUT2D eigenvalue weighted by atomic mass is 10.0. The first-order valence-corrected chi connectivity index (χ1v) is 10.1. The van der Waals surface area contributed by atoms with Gasteiger partial charge in [0.25, 0.3) is 0 Å². The first-order valence-electron chi connectivity index (χ1n) is 10.1. The molecule has 1 heterocycles. The third-order valence-electron chi connectivity index (χ3n) is 4.43. The van der Waals surface area contributed by atoms with Crippen LogP contribution >= 0.6 is 24.0 Å². The lowest BCUT2D eigenvalue weighted by Gasteiger charge is -2.30. The van der Waals surface area contributed by atoms with Crippen LogP contribution in [0.15, 0.2) is 4.99 Å². The third-order valence-corrected chi connectivity index (χ3v) is 4.43. The van der Waals surface area contributed by atoms with Crippen LogP contribution in [0.3, 0.4) is 0 Å². The molecule has 26 heavy (non-hydrogen) atoms. The van der Waals surface area contributed by atoms with Crippen LogP contribution in [0.5, 0.6) is 0 Å². The summed E-state index contributed by atoms with van der Waals surface area (Å²) in [6.45, 7) is 13.0. The minimum absolute atomic E-state index is 0. The molecular weight excluding hydrogens is 443 g/mol. The number of hydrogen-bond acceptors (Lipinski definition) is 4. The fourth-order valence-electron chi connectivity index (χ4n) is 3.10. The number of hydrogen-bond donors (Lipinski definition) is 2. The van der Waals surface area contributed by atoms with Crippen LogP contribution in [0.2, 0.25) is 0 Å². The van der Waals surface area contributed by atoms with Gasteiger partial charge in [-0.1, -0.05) is 6.92 Å². The van der Waals surface area contributed by atoms with Gasteiger partial charge in [-0.05, 0) is 58.0 Å². The summed E-state index contributed by atoms with van der Waals surface area (Å²) in [6.07, 6.45) is 6.15. The van der Waals surface area contributed by atoms with Gasteiger partial charge in [0.15, 0.2) is 5.96 Å². The quantitative estimate of drug-likeness (QED) is 0.182. The zero-order valence-corrected chi connectivity index (χ0v) is 19.4. The summed E-state index contributed by atoms with van der Waals surface area (Å²) in [7, 11) is 1.69. The average molecular weight is 484 g/mol. The van der Waals surface area contributed by atoms with E-state index in [2.05, 4.69) is 34.4 Å². The molecule has 1 atom stereocenters. The fourth-order valence-corrected chi connectivity index (χ4v) is 3.10. The fraction of sp³-hybridized carbons (Fsp3) is 0.947. The molecule has 1 aliphatic rings. The van der Waals surface area contributed by atoms with Crippen LogP contribution in [0.4, 0.5) is 0 Å². The molecule has 1 aliphatic heterocycles. The van der Waals surface area contributed by atoms with Gasteiger partial charge < -0.3 is 25.0 Å². The molecule has 1 fully saturated rings. The smallest absolute Gasteiger partial charge is 0.191 e. The maximum absolute atomic E-state index is 5.45. The molecule has 7 heteroatoms. The number of nitrogens with one attached hydrogen (secondary N) is 2. The lowest BCUT2D eigenvalue weighted by Crippen LogP contribution is -2.38. The second-order valence-corrected chi connectivity index (χ2v) is 6.90. The minimum Gasteiger partial charge on any atom is -0.382 e. The van der Waals surface area contributed by atoms with E-state index in [-0.39, 0.29) is 24.0 Å². The molecule has 0 aromatic heterocycles. The summed E-state index contributed by atoms with van der Waals surface area (Å²) in [6, 6.07) is 0. The lowest BCUT2D eigenvalue weighted by molar-refractivity contribution is 0.0702. The Kier molecular flexibility index (Phi) is 18.2. The van der Waals surface area contributed by atoms with Crippen LogP contribution < -0.4 is 10.6 Å². The molecule has 1 unspecified atom stereocenters. The maximum Gasteiger partial charge on any atom is 0.191 e. The Balaban J connectivity index is 0.00000625. The molecule has 0 aromatic rings. The van der Waals surface area contributed by atoms with E-state index in [4.69, 9.17) is 9.47 Å². The van der Waals surface area contributed by atoms with Gasteiger partial charge in [0.05, 0.1) is 13.2 Å². The minimum atomic E-state index is 0. The van der Waals surface area contributed by atoms with Crippen LogP contribution in [0.1, 0.15) is 46.0 Å². The average Bonchev–Trinajstić information content (AvgIpc) is 2.60. The zero-order chi connectivity index (χ0) is 18.2. The summed E-state index contributed by atoms with van der Waals surface area (Å²) >= 11 is 0. The number of halogens is 1. The van der Waals surface area contributed by atoms with E-state index in [1.54, 1.807) is 7.11 Å². The topological polar surface area (TPSA) is 58.1 Å². The molecule has 0 aromatic carbocycles. The molecule has 0 saturated carbocycles. The highest BCUT2D eigenvalue weighted by Gasteiger charge is 2.15. The molecule has 6 nitrogen and oxygen atoms in total. The predicted molar refractivity (Wildman–Crippen MR) is 121 cm³/mol. The Labute approximate surface area is 177 Å². The number of rotatable bonds is 13. The number of methoxy groups -OCH3 is 1. The van der Waals surface area contributed by atoms with Gasteiger partial charge in [0, 0.05) is 39.9 Å². The molecule has 156 valence electrons. The second kappa shape index (κ2) is 18.3. The van der Waals surface area contributed by atoms with Crippen molar-refractivity contribution in [3.8, 4) is 0 Å². The monoisotopic (exact) mass is 484 g/mol. The van der Waals surface area contributed by atoms with E-state index in [1.807, 2.05) is 0 Å². The zero-order valence-electron chi connectivity index (χ0n) is 17.1. The first-order chi connectivity index (χ1) is 12.3. The Morgan fingerprint density at radius 2 is 2.00 bits per heavy atom. The van der Waals surface area contributed by atoms with E-state index in [1.165, 1.54) is 45.3 Å². The molecule has 0 aliphatic carbocycles. The predicted octanol–water partition coefficient (Wildman–Crippen LogP) is 2.72. The van der Waals surface area contributed by atoms with E-state index in [9.17, 15) is 0 Å². The van der Waals surface area contributed by atoms with E-state index >= 15 is 0 Å². The number of unbranched alkanes of at least 4 members (excludes halogenated alkanes) is 1. The van der Waals surface area contributed by atoms with Crippen LogP contribution in [0.25, 0.3) is 0 Å². The van der Waals surface area contributed by atoms with E-state index in [0.717, 1.165) is 44.5 Å². The highest BCUT2D eigenvalue weighted by Crippen LogP contribution is 2.15. The van der Waals surface area contributed by atoms with Gasteiger partial charge in [0.2, 0.25) is 0 Å². The molecule has 1 saturated heterocycles. The molecule has 0 bridgehead atoms. The molecule has 2 N–H and O–H groups in total. The van der Waals surface area contributed by atoms with Gasteiger partial charge in [-0.15, -0.1) is 24.0 Å². The van der Waals surface area contributed by atoms with Crippen LogP contribution in [-0.4, -0.2) is 77.1 Å². The van der Waals surface area contributed by atoms with Crippen molar-refractivity contribution in [2.24, 2.45) is 10.9 Å².